The molecule has 1 heterocycles. The lowest BCUT2D eigenvalue weighted by molar-refractivity contribution is 0.159. The maximum atomic E-state index is 14.0. The molecule has 0 spiro atoms. The highest BCUT2D eigenvalue weighted by Gasteiger charge is 2.32. The molecular weight excluding hydrogens is 281 g/mol. The Bertz CT molecular complexity index is 591. The van der Waals surface area contributed by atoms with E-state index in [2.05, 4.69) is 4.90 Å². The van der Waals surface area contributed by atoms with Crippen LogP contribution in [0.25, 0.3) is 0 Å². The van der Waals surface area contributed by atoms with Crippen molar-refractivity contribution < 1.29 is 12.8 Å². The minimum atomic E-state index is -3.78. The second-order valence-corrected chi connectivity index (χ2v) is 7.07. The molecule has 1 saturated heterocycles. The predicted octanol–water partition coefficient (Wildman–Crippen LogP) is 0.609. The number of sulfonamides is 1. The lowest BCUT2D eigenvalue weighted by Crippen LogP contribution is -2.51. The van der Waals surface area contributed by atoms with Crippen LogP contribution < -0.4 is 5.73 Å². The van der Waals surface area contributed by atoms with Crippen molar-refractivity contribution in [1.82, 2.24) is 9.21 Å². The van der Waals surface area contributed by atoms with Crippen LogP contribution in [-0.2, 0) is 16.6 Å². The van der Waals surface area contributed by atoms with Gasteiger partial charge in [0.2, 0.25) is 10.0 Å². The number of halogens is 1. The van der Waals surface area contributed by atoms with E-state index >= 15 is 0 Å². The Morgan fingerprint density at radius 2 is 2.10 bits per heavy atom. The third-order valence-electron chi connectivity index (χ3n) is 3.77. The number of hydrogen-bond acceptors (Lipinski definition) is 4. The molecule has 0 aromatic heterocycles. The van der Waals surface area contributed by atoms with Crippen LogP contribution in [-0.4, -0.2) is 50.3 Å². The molecule has 1 atom stereocenters. The largest absolute Gasteiger partial charge is 0.326 e. The van der Waals surface area contributed by atoms with Gasteiger partial charge in [-0.15, -0.1) is 0 Å². The van der Waals surface area contributed by atoms with Gasteiger partial charge < -0.3 is 10.6 Å². The Hall–Kier alpha value is -1.02. The first-order valence-corrected chi connectivity index (χ1v) is 7.99. The van der Waals surface area contributed by atoms with Gasteiger partial charge in [-0.2, -0.15) is 4.31 Å². The fourth-order valence-corrected chi connectivity index (χ4v) is 3.81. The molecule has 1 aromatic rings. The fraction of sp³-hybridized carbons (Fsp3) is 0.538. The lowest BCUT2D eigenvalue weighted by atomic mass is 10.2. The SMILES string of the molecule is CC1CN(S(=O)(=O)c2ccc(CN)cc2F)CCN1C. The van der Waals surface area contributed by atoms with E-state index < -0.39 is 15.8 Å². The van der Waals surface area contributed by atoms with Crippen molar-refractivity contribution in [2.45, 2.75) is 24.4 Å². The number of benzene rings is 1. The number of piperazine rings is 1. The summed E-state index contributed by atoms with van der Waals surface area (Å²) >= 11 is 0. The van der Waals surface area contributed by atoms with Gasteiger partial charge in [-0.1, -0.05) is 6.07 Å². The summed E-state index contributed by atoms with van der Waals surface area (Å²) in [6, 6.07) is 4.16. The maximum absolute atomic E-state index is 14.0. The summed E-state index contributed by atoms with van der Waals surface area (Å²) in [4.78, 5) is 1.81. The summed E-state index contributed by atoms with van der Waals surface area (Å²) in [5, 5.41) is 0. The molecule has 20 heavy (non-hydrogen) atoms. The molecule has 0 radical (unpaired) electrons. The molecule has 2 rings (SSSR count). The van der Waals surface area contributed by atoms with Gasteiger partial charge in [0.15, 0.2) is 0 Å². The highest BCUT2D eigenvalue weighted by Crippen LogP contribution is 2.22. The summed E-state index contributed by atoms with van der Waals surface area (Å²) in [7, 11) is -1.83. The van der Waals surface area contributed by atoms with Crippen LogP contribution in [0.3, 0.4) is 0 Å². The van der Waals surface area contributed by atoms with Gasteiger partial charge in [-0.25, -0.2) is 12.8 Å². The fourth-order valence-electron chi connectivity index (χ4n) is 2.25. The molecule has 112 valence electrons. The van der Waals surface area contributed by atoms with E-state index in [0.717, 1.165) is 0 Å². The van der Waals surface area contributed by atoms with E-state index in [9.17, 15) is 12.8 Å². The van der Waals surface area contributed by atoms with Gasteiger partial charge >= 0.3 is 0 Å². The van der Waals surface area contributed by atoms with Crippen molar-refractivity contribution in [2.24, 2.45) is 5.73 Å². The van der Waals surface area contributed by atoms with Crippen LogP contribution >= 0.6 is 0 Å². The van der Waals surface area contributed by atoms with Crippen LogP contribution in [0.5, 0.6) is 0 Å². The first-order valence-electron chi connectivity index (χ1n) is 6.55. The molecule has 0 saturated carbocycles. The number of rotatable bonds is 3. The second-order valence-electron chi connectivity index (χ2n) is 5.16. The third-order valence-corrected chi connectivity index (χ3v) is 5.67. The molecule has 0 amide bonds. The smallest absolute Gasteiger partial charge is 0.246 e. The summed E-state index contributed by atoms with van der Waals surface area (Å²) in [5.41, 5.74) is 6.00. The van der Waals surface area contributed by atoms with Gasteiger partial charge in [0, 0.05) is 32.2 Å². The van der Waals surface area contributed by atoms with Crippen molar-refractivity contribution in [3.63, 3.8) is 0 Å². The van der Waals surface area contributed by atoms with Crippen LogP contribution in [0.2, 0.25) is 0 Å². The molecule has 5 nitrogen and oxygen atoms in total. The van der Waals surface area contributed by atoms with Crippen molar-refractivity contribution in [1.29, 1.82) is 0 Å². The predicted molar refractivity (Wildman–Crippen MR) is 75.1 cm³/mol. The van der Waals surface area contributed by atoms with Crippen LogP contribution in [0.15, 0.2) is 23.1 Å². The van der Waals surface area contributed by atoms with Crippen molar-refractivity contribution in [2.75, 3.05) is 26.7 Å². The zero-order valence-corrected chi connectivity index (χ0v) is 12.5. The zero-order valence-electron chi connectivity index (χ0n) is 11.7. The standard InChI is InChI=1S/C13H20FN3O2S/c1-10-9-17(6-5-16(10)2)20(18,19)13-4-3-11(8-15)7-12(13)14/h3-4,7,10H,5-6,8-9,15H2,1-2H3. The lowest BCUT2D eigenvalue weighted by Gasteiger charge is -2.36. The summed E-state index contributed by atoms with van der Waals surface area (Å²) in [6.45, 7) is 3.53. The first-order chi connectivity index (χ1) is 9.36. The molecular formula is C13H20FN3O2S. The quantitative estimate of drug-likeness (QED) is 0.888. The minimum Gasteiger partial charge on any atom is -0.326 e. The number of likely N-dealkylation sites (N-methyl/N-ethyl adjacent to an activating group) is 1. The van der Waals surface area contributed by atoms with E-state index in [1.165, 1.54) is 16.4 Å². The molecule has 1 aliphatic heterocycles. The van der Waals surface area contributed by atoms with E-state index in [0.29, 0.717) is 25.2 Å². The monoisotopic (exact) mass is 301 g/mol. The Morgan fingerprint density at radius 3 is 2.65 bits per heavy atom. The number of hydrogen-bond donors (Lipinski definition) is 1. The van der Waals surface area contributed by atoms with Gasteiger partial charge in [0.1, 0.15) is 10.7 Å². The van der Waals surface area contributed by atoms with Gasteiger partial charge in [0.05, 0.1) is 0 Å². The highest BCUT2D eigenvalue weighted by molar-refractivity contribution is 7.89. The molecule has 0 aliphatic carbocycles. The zero-order chi connectivity index (χ0) is 14.9. The highest BCUT2D eigenvalue weighted by atomic mass is 32.2. The van der Waals surface area contributed by atoms with Crippen LogP contribution in [0.4, 0.5) is 4.39 Å². The van der Waals surface area contributed by atoms with E-state index in [1.807, 2.05) is 14.0 Å². The average molecular weight is 301 g/mol. The summed E-state index contributed by atoms with van der Waals surface area (Å²) < 4.78 is 40.3. The van der Waals surface area contributed by atoms with Crippen molar-refractivity contribution in [3.8, 4) is 0 Å². The number of nitrogens with two attached hydrogens (primary N) is 1. The second kappa shape index (κ2) is 5.77. The van der Waals surface area contributed by atoms with Crippen molar-refractivity contribution in [3.05, 3.63) is 29.6 Å². The van der Waals surface area contributed by atoms with Crippen LogP contribution in [0.1, 0.15) is 12.5 Å². The Kier molecular flexibility index (Phi) is 4.43. The normalized spacial score (nSPS) is 22.1. The minimum absolute atomic E-state index is 0.116. The molecule has 0 bridgehead atoms. The average Bonchev–Trinajstić information content (AvgIpc) is 2.41. The maximum Gasteiger partial charge on any atom is 0.246 e. The Morgan fingerprint density at radius 1 is 1.40 bits per heavy atom. The van der Waals surface area contributed by atoms with Crippen molar-refractivity contribution >= 4 is 10.0 Å². The Balaban J connectivity index is 2.31. The molecule has 7 heteroatoms. The molecule has 1 aromatic carbocycles. The molecule has 2 N–H and O–H groups in total. The van der Waals surface area contributed by atoms with E-state index in [-0.39, 0.29) is 17.5 Å². The van der Waals surface area contributed by atoms with E-state index in [1.54, 1.807) is 6.07 Å². The number of nitrogens with zero attached hydrogens (tertiary/aromatic N) is 2. The first kappa shape index (κ1) is 15.4. The van der Waals surface area contributed by atoms with Crippen LogP contribution in [0, 0.1) is 5.82 Å². The molecule has 1 aliphatic rings. The summed E-state index contributed by atoms with van der Waals surface area (Å²) in [6.07, 6.45) is 0. The van der Waals surface area contributed by atoms with Gasteiger partial charge in [0.25, 0.3) is 0 Å². The van der Waals surface area contributed by atoms with Gasteiger partial charge in [-0.3, -0.25) is 0 Å². The third kappa shape index (κ3) is 2.85. The summed E-state index contributed by atoms with van der Waals surface area (Å²) in [5.74, 6) is -0.737. The Labute approximate surface area is 119 Å². The van der Waals surface area contributed by atoms with Gasteiger partial charge in [-0.05, 0) is 31.7 Å². The van der Waals surface area contributed by atoms with E-state index in [4.69, 9.17) is 5.73 Å². The molecule has 1 fully saturated rings. The topological polar surface area (TPSA) is 66.6 Å². The molecule has 1 unspecified atom stereocenters.